The summed E-state index contributed by atoms with van der Waals surface area (Å²) in [5.74, 6) is 1.26. The van der Waals surface area contributed by atoms with Crippen LogP contribution in [0.15, 0.2) is 0 Å². The van der Waals surface area contributed by atoms with Crippen molar-refractivity contribution in [3.8, 4) is 0 Å². The van der Waals surface area contributed by atoms with Crippen LogP contribution in [0.1, 0.15) is 150 Å². The first-order valence-electron chi connectivity index (χ1n) is 14.2. The number of carbonyl (C=O) groups is 2. The summed E-state index contributed by atoms with van der Waals surface area (Å²) in [4.78, 5) is 23.5. The van der Waals surface area contributed by atoms with Crippen LogP contribution >= 0.6 is 0 Å². The second-order valence-electron chi connectivity index (χ2n) is 10.6. The summed E-state index contributed by atoms with van der Waals surface area (Å²) < 4.78 is 10.6. The van der Waals surface area contributed by atoms with Gasteiger partial charge < -0.3 is 9.47 Å². The Morgan fingerprint density at radius 2 is 0.758 bits per heavy atom. The van der Waals surface area contributed by atoms with Crippen molar-refractivity contribution in [2.24, 2.45) is 11.8 Å². The Balaban J connectivity index is 3.32. The summed E-state index contributed by atoms with van der Waals surface area (Å²) in [7, 11) is 0. The predicted octanol–water partition coefficient (Wildman–Crippen LogP) is 8.80. The number of carbonyl (C=O) groups excluding carboxylic acids is 2. The van der Waals surface area contributed by atoms with Gasteiger partial charge >= 0.3 is 11.9 Å². The second kappa shape index (κ2) is 24.1. The van der Waals surface area contributed by atoms with Crippen LogP contribution in [-0.2, 0) is 19.1 Å². The molecule has 0 saturated heterocycles. The highest BCUT2D eigenvalue weighted by Crippen LogP contribution is 2.13. The maximum Gasteiger partial charge on any atom is 0.305 e. The summed E-state index contributed by atoms with van der Waals surface area (Å²) in [6.07, 6.45) is 21.0. The summed E-state index contributed by atoms with van der Waals surface area (Å²) >= 11 is 0. The summed E-state index contributed by atoms with van der Waals surface area (Å²) in [6, 6.07) is 0. The van der Waals surface area contributed by atoms with Crippen LogP contribution < -0.4 is 0 Å². The molecule has 0 atom stereocenters. The molecule has 0 unspecified atom stereocenters. The lowest BCUT2D eigenvalue weighted by Gasteiger charge is -2.07. The van der Waals surface area contributed by atoms with Crippen molar-refractivity contribution in [1.29, 1.82) is 0 Å². The third-order valence-electron chi connectivity index (χ3n) is 6.14. The minimum absolute atomic E-state index is 0.190. The molecule has 0 aromatic rings. The molecule has 4 heteroatoms. The van der Waals surface area contributed by atoms with Gasteiger partial charge in [0.25, 0.3) is 0 Å². The monoisotopic (exact) mass is 468 g/mol. The Hall–Kier alpha value is -1.06. The molecule has 0 aliphatic carbocycles. The number of hydrogen-bond acceptors (Lipinski definition) is 4. The van der Waals surface area contributed by atoms with Gasteiger partial charge in [-0.15, -0.1) is 0 Å². The average Bonchev–Trinajstić information content (AvgIpc) is 2.75. The van der Waals surface area contributed by atoms with Gasteiger partial charge in [-0.25, -0.2) is 0 Å². The molecule has 33 heavy (non-hydrogen) atoms. The Kier molecular flexibility index (Phi) is 23.3. The first-order valence-corrected chi connectivity index (χ1v) is 14.2. The van der Waals surface area contributed by atoms with Gasteiger partial charge in [0.05, 0.1) is 13.2 Å². The van der Waals surface area contributed by atoms with E-state index in [0.29, 0.717) is 32.5 Å². The van der Waals surface area contributed by atoms with Gasteiger partial charge in [-0.2, -0.15) is 0 Å². The number of hydrogen-bond donors (Lipinski definition) is 0. The van der Waals surface area contributed by atoms with Crippen LogP contribution in [0.5, 0.6) is 0 Å². The highest BCUT2D eigenvalue weighted by Gasteiger charge is 2.07. The maximum atomic E-state index is 11.8. The van der Waals surface area contributed by atoms with Crippen LogP contribution in [0.25, 0.3) is 0 Å². The molecule has 0 heterocycles. The molecule has 0 N–H and O–H groups in total. The van der Waals surface area contributed by atoms with E-state index in [1.54, 1.807) is 0 Å². The molecule has 0 radical (unpaired) electrons. The molecule has 4 nitrogen and oxygen atoms in total. The van der Waals surface area contributed by atoms with E-state index < -0.39 is 0 Å². The molecule has 0 aromatic heterocycles. The molecule has 0 saturated carbocycles. The molecule has 0 aromatic carbocycles. The van der Waals surface area contributed by atoms with Crippen LogP contribution in [0.4, 0.5) is 0 Å². The maximum absolute atomic E-state index is 11.8. The number of ether oxygens (including phenoxy) is 2. The first kappa shape index (κ1) is 31.9. The summed E-state index contributed by atoms with van der Waals surface area (Å²) in [5.41, 5.74) is 0. The van der Waals surface area contributed by atoms with Crippen molar-refractivity contribution >= 4 is 11.9 Å². The summed E-state index contributed by atoms with van der Waals surface area (Å²) in [6.45, 7) is 10.2. The number of esters is 2. The second-order valence-corrected chi connectivity index (χ2v) is 10.6. The zero-order chi connectivity index (χ0) is 24.6. The molecule has 0 rings (SSSR count). The third-order valence-corrected chi connectivity index (χ3v) is 6.14. The van der Waals surface area contributed by atoms with E-state index in [0.717, 1.165) is 37.5 Å². The van der Waals surface area contributed by atoms with Crippen LogP contribution in [0, 0.1) is 11.8 Å². The van der Waals surface area contributed by atoms with E-state index in [2.05, 4.69) is 27.7 Å². The molecular formula is C29H56O4. The molecular weight excluding hydrogens is 412 g/mol. The minimum Gasteiger partial charge on any atom is -0.466 e. The van der Waals surface area contributed by atoms with Crippen molar-refractivity contribution in [3.63, 3.8) is 0 Å². The Morgan fingerprint density at radius 1 is 0.455 bits per heavy atom. The molecule has 0 amide bonds. The van der Waals surface area contributed by atoms with Crippen LogP contribution in [0.2, 0.25) is 0 Å². The molecule has 0 aliphatic heterocycles. The van der Waals surface area contributed by atoms with E-state index in [-0.39, 0.29) is 11.9 Å². The average molecular weight is 469 g/mol. The topological polar surface area (TPSA) is 52.6 Å². The minimum atomic E-state index is -0.190. The van der Waals surface area contributed by atoms with Gasteiger partial charge in [-0.3, -0.25) is 9.59 Å². The number of unbranched alkanes of at least 4 members (excludes halogenated alkanes) is 12. The Bertz CT molecular complexity index is 405. The lowest BCUT2D eigenvalue weighted by Crippen LogP contribution is -2.09. The fourth-order valence-corrected chi connectivity index (χ4v) is 3.97. The van der Waals surface area contributed by atoms with Crippen molar-refractivity contribution < 1.29 is 19.1 Å². The standard InChI is InChI=1S/C29H56O4/c1-26(2)20-15-11-7-5-9-13-17-24-32-28(30)22-19-23-29(31)33-25-18-14-10-6-8-12-16-21-27(3)4/h26-27H,5-25H2,1-4H3. The van der Waals surface area contributed by atoms with Crippen molar-refractivity contribution in [2.45, 2.75) is 150 Å². The van der Waals surface area contributed by atoms with E-state index in [9.17, 15) is 9.59 Å². The van der Waals surface area contributed by atoms with E-state index >= 15 is 0 Å². The molecule has 0 bridgehead atoms. The van der Waals surface area contributed by atoms with Gasteiger partial charge in [0.15, 0.2) is 0 Å². The highest BCUT2D eigenvalue weighted by atomic mass is 16.5. The van der Waals surface area contributed by atoms with Gasteiger partial charge in [0.2, 0.25) is 0 Å². The predicted molar refractivity (Wildman–Crippen MR) is 139 cm³/mol. The zero-order valence-corrected chi connectivity index (χ0v) is 22.6. The fourth-order valence-electron chi connectivity index (χ4n) is 3.97. The first-order chi connectivity index (χ1) is 15.9. The van der Waals surface area contributed by atoms with Crippen molar-refractivity contribution in [3.05, 3.63) is 0 Å². The molecule has 0 fully saturated rings. The highest BCUT2D eigenvalue weighted by molar-refractivity contribution is 5.72. The third kappa shape index (κ3) is 27.1. The zero-order valence-electron chi connectivity index (χ0n) is 22.6. The lowest BCUT2D eigenvalue weighted by molar-refractivity contribution is -0.145. The summed E-state index contributed by atoms with van der Waals surface area (Å²) in [5, 5.41) is 0. The van der Waals surface area contributed by atoms with E-state index in [4.69, 9.17) is 9.47 Å². The van der Waals surface area contributed by atoms with Crippen LogP contribution in [0.3, 0.4) is 0 Å². The SMILES string of the molecule is CC(C)CCCCCCCCCOC(=O)CCCC(=O)OCCCCCCCCCC(C)C. The van der Waals surface area contributed by atoms with E-state index in [1.807, 2.05) is 0 Å². The van der Waals surface area contributed by atoms with Crippen molar-refractivity contribution in [1.82, 2.24) is 0 Å². The Labute approximate surface area is 206 Å². The fraction of sp³-hybridized carbons (Fsp3) is 0.931. The molecule has 196 valence electrons. The Morgan fingerprint density at radius 3 is 1.09 bits per heavy atom. The molecule has 0 aliphatic rings. The smallest absolute Gasteiger partial charge is 0.305 e. The normalized spacial score (nSPS) is 11.3. The largest absolute Gasteiger partial charge is 0.466 e. The van der Waals surface area contributed by atoms with Gasteiger partial charge in [0.1, 0.15) is 0 Å². The van der Waals surface area contributed by atoms with Crippen LogP contribution in [-0.4, -0.2) is 25.2 Å². The molecule has 0 spiro atoms. The van der Waals surface area contributed by atoms with Gasteiger partial charge in [-0.1, -0.05) is 118 Å². The van der Waals surface area contributed by atoms with E-state index in [1.165, 1.54) is 77.0 Å². The number of rotatable bonds is 24. The van der Waals surface area contributed by atoms with Gasteiger partial charge in [0, 0.05) is 12.8 Å². The lowest BCUT2D eigenvalue weighted by atomic mass is 10.0. The van der Waals surface area contributed by atoms with Gasteiger partial charge in [-0.05, 0) is 31.1 Å². The quantitative estimate of drug-likeness (QED) is 0.105. The van der Waals surface area contributed by atoms with Crippen molar-refractivity contribution in [2.75, 3.05) is 13.2 Å².